The number of imidazole rings is 1. The van der Waals surface area contributed by atoms with Gasteiger partial charge in [-0.1, -0.05) is 44.2 Å². The van der Waals surface area contributed by atoms with Gasteiger partial charge in [-0.05, 0) is 30.2 Å². The molecule has 0 unspecified atom stereocenters. The Morgan fingerprint density at radius 2 is 1.86 bits per heavy atom. The van der Waals surface area contributed by atoms with E-state index in [-0.39, 0.29) is 36.1 Å². The number of H-pyrrole nitrogens is 1. The molecule has 0 spiro atoms. The summed E-state index contributed by atoms with van der Waals surface area (Å²) >= 11 is 0. The molecule has 2 aromatic carbocycles. The Kier molecular flexibility index (Phi) is 4.86. The molecule has 2 atom stereocenters. The fourth-order valence-electron chi connectivity index (χ4n) is 3.68. The molecule has 28 heavy (non-hydrogen) atoms. The quantitative estimate of drug-likeness (QED) is 0.716. The highest BCUT2D eigenvalue weighted by Crippen LogP contribution is 2.27. The Hall–Kier alpha value is -3.15. The second kappa shape index (κ2) is 7.46. The van der Waals surface area contributed by atoms with E-state index in [0.29, 0.717) is 6.54 Å². The molecule has 1 aliphatic rings. The van der Waals surface area contributed by atoms with Crippen LogP contribution in [-0.2, 0) is 9.59 Å². The van der Waals surface area contributed by atoms with Gasteiger partial charge < -0.3 is 15.2 Å². The molecule has 144 valence electrons. The number of hydrogen-bond acceptors (Lipinski definition) is 3. The Labute approximate surface area is 164 Å². The van der Waals surface area contributed by atoms with Gasteiger partial charge in [0.1, 0.15) is 5.82 Å². The number of rotatable bonds is 5. The zero-order valence-electron chi connectivity index (χ0n) is 16.1. The van der Waals surface area contributed by atoms with Crippen molar-refractivity contribution in [3.05, 3.63) is 60.4 Å². The first kappa shape index (κ1) is 18.2. The Morgan fingerprint density at radius 1 is 1.14 bits per heavy atom. The Balaban J connectivity index is 1.50. The zero-order chi connectivity index (χ0) is 19.7. The number of nitrogens with one attached hydrogen (secondary N) is 2. The van der Waals surface area contributed by atoms with Crippen molar-refractivity contribution in [2.24, 2.45) is 11.8 Å². The van der Waals surface area contributed by atoms with Crippen LogP contribution in [0.3, 0.4) is 0 Å². The number of benzene rings is 2. The Bertz CT molecular complexity index is 963. The van der Waals surface area contributed by atoms with Crippen LogP contribution in [0, 0.1) is 11.8 Å². The number of nitrogens with zero attached hydrogens (tertiary/aromatic N) is 2. The monoisotopic (exact) mass is 376 g/mol. The predicted octanol–water partition coefficient (Wildman–Crippen LogP) is 3.43. The molecular weight excluding hydrogens is 352 g/mol. The van der Waals surface area contributed by atoms with Crippen LogP contribution >= 0.6 is 0 Å². The lowest BCUT2D eigenvalue weighted by atomic mass is 10.0. The molecule has 0 radical (unpaired) electrons. The number of fused-ring (bicyclic) bond motifs is 1. The summed E-state index contributed by atoms with van der Waals surface area (Å²) in [6.45, 7) is 4.50. The highest BCUT2D eigenvalue weighted by atomic mass is 16.2. The summed E-state index contributed by atoms with van der Waals surface area (Å²) in [5.74, 6) is 0.418. The summed E-state index contributed by atoms with van der Waals surface area (Å²) in [5.41, 5.74) is 2.66. The van der Waals surface area contributed by atoms with E-state index < -0.39 is 0 Å². The predicted molar refractivity (Wildman–Crippen MR) is 109 cm³/mol. The average molecular weight is 376 g/mol. The first-order chi connectivity index (χ1) is 13.5. The maximum absolute atomic E-state index is 12.9. The van der Waals surface area contributed by atoms with E-state index in [1.807, 2.05) is 68.4 Å². The maximum Gasteiger partial charge on any atom is 0.227 e. The third-order valence-corrected chi connectivity index (χ3v) is 5.23. The van der Waals surface area contributed by atoms with E-state index in [9.17, 15) is 9.59 Å². The lowest BCUT2D eigenvalue weighted by Gasteiger charge is -2.22. The number of anilines is 1. The first-order valence-corrected chi connectivity index (χ1v) is 9.63. The molecule has 0 aliphatic carbocycles. The van der Waals surface area contributed by atoms with Gasteiger partial charge in [-0.2, -0.15) is 0 Å². The molecule has 0 saturated carbocycles. The fraction of sp³-hybridized carbons (Fsp3) is 0.318. The number of amides is 2. The van der Waals surface area contributed by atoms with E-state index in [2.05, 4.69) is 15.3 Å². The van der Waals surface area contributed by atoms with Crippen molar-refractivity contribution < 1.29 is 9.59 Å². The smallest absolute Gasteiger partial charge is 0.227 e. The van der Waals surface area contributed by atoms with Crippen LogP contribution < -0.4 is 10.2 Å². The van der Waals surface area contributed by atoms with Crippen molar-refractivity contribution in [1.82, 2.24) is 15.3 Å². The van der Waals surface area contributed by atoms with Crippen molar-refractivity contribution in [1.29, 1.82) is 0 Å². The van der Waals surface area contributed by atoms with Gasteiger partial charge in [-0.25, -0.2) is 4.98 Å². The van der Waals surface area contributed by atoms with Crippen molar-refractivity contribution in [2.75, 3.05) is 11.4 Å². The van der Waals surface area contributed by atoms with Gasteiger partial charge in [0.15, 0.2) is 0 Å². The molecule has 0 bridgehead atoms. The molecule has 1 fully saturated rings. The van der Waals surface area contributed by atoms with Gasteiger partial charge in [-0.15, -0.1) is 0 Å². The number of carbonyl (C=O) groups is 2. The second-order valence-electron chi connectivity index (χ2n) is 7.61. The minimum absolute atomic E-state index is 0.0174. The van der Waals surface area contributed by atoms with Gasteiger partial charge in [0, 0.05) is 18.7 Å². The summed E-state index contributed by atoms with van der Waals surface area (Å²) in [6, 6.07) is 17.1. The minimum Gasteiger partial charge on any atom is -0.346 e. The van der Waals surface area contributed by atoms with E-state index in [4.69, 9.17) is 0 Å². The third kappa shape index (κ3) is 3.50. The van der Waals surface area contributed by atoms with E-state index in [1.54, 1.807) is 4.90 Å². The molecule has 6 heteroatoms. The van der Waals surface area contributed by atoms with Crippen LogP contribution in [0.15, 0.2) is 54.6 Å². The number of hydrogen-bond donors (Lipinski definition) is 2. The van der Waals surface area contributed by atoms with Crippen molar-refractivity contribution in [2.45, 2.75) is 26.3 Å². The number of aromatic amines is 1. The molecule has 1 aliphatic heterocycles. The fourth-order valence-corrected chi connectivity index (χ4v) is 3.68. The number of aromatic nitrogens is 2. The van der Waals surface area contributed by atoms with Crippen molar-refractivity contribution >= 4 is 28.5 Å². The summed E-state index contributed by atoms with van der Waals surface area (Å²) in [6.07, 6.45) is 0.228. The van der Waals surface area contributed by atoms with E-state index in [0.717, 1.165) is 22.5 Å². The molecule has 6 nitrogen and oxygen atoms in total. The van der Waals surface area contributed by atoms with Gasteiger partial charge >= 0.3 is 0 Å². The molecule has 1 aromatic heterocycles. The van der Waals surface area contributed by atoms with Crippen LogP contribution in [0.1, 0.15) is 32.1 Å². The summed E-state index contributed by atoms with van der Waals surface area (Å²) in [4.78, 5) is 35.0. The highest BCUT2D eigenvalue weighted by molar-refractivity contribution is 6.00. The lowest BCUT2D eigenvalue weighted by molar-refractivity contribution is -0.127. The molecule has 4 rings (SSSR count). The number of para-hydroxylation sites is 3. The molecule has 3 aromatic rings. The van der Waals surface area contributed by atoms with Crippen LogP contribution in [0.25, 0.3) is 11.0 Å². The van der Waals surface area contributed by atoms with Crippen molar-refractivity contribution in [3.63, 3.8) is 0 Å². The Morgan fingerprint density at radius 3 is 2.57 bits per heavy atom. The van der Waals surface area contributed by atoms with Crippen LogP contribution in [-0.4, -0.2) is 28.3 Å². The SMILES string of the molecule is CC(C)[C@@H](NC(=O)[C@H]1CC(=O)N(c2ccccc2)C1)c1nc2ccccc2[nH]1. The molecule has 2 heterocycles. The largest absolute Gasteiger partial charge is 0.346 e. The van der Waals surface area contributed by atoms with Crippen LogP contribution in [0.2, 0.25) is 0 Å². The normalized spacial score (nSPS) is 18.0. The molecule has 2 N–H and O–H groups in total. The lowest BCUT2D eigenvalue weighted by Crippen LogP contribution is -2.38. The first-order valence-electron chi connectivity index (χ1n) is 9.63. The number of carbonyl (C=O) groups excluding carboxylic acids is 2. The highest BCUT2D eigenvalue weighted by Gasteiger charge is 2.36. The summed E-state index contributed by atoms with van der Waals surface area (Å²) in [7, 11) is 0. The van der Waals surface area contributed by atoms with E-state index in [1.165, 1.54) is 0 Å². The van der Waals surface area contributed by atoms with Crippen LogP contribution in [0.4, 0.5) is 5.69 Å². The van der Waals surface area contributed by atoms with Gasteiger partial charge in [-0.3, -0.25) is 9.59 Å². The maximum atomic E-state index is 12.9. The zero-order valence-corrected chi connectivity index (χ0v) is 16.1. The minimum atomic E-state index is -0.363. The van der Waals surface area contributed by atoms with Gasteiger partial charge in [0.25, 0.3) is 0 Å². The molecule has 2 amide bonds. The summed E-state index contributed by atoms with van der Waals surface area (Å²) < 4.78 is 0. The van der Waals surface area contributed by atoms with Gasteiger partial charge in [0.05, 0.1) is 23.0 Å². The molecular formula is C22H24N4O2. The van der Waals surface area contributed by atoms with Crippen LogP contribution in [0.5, 0.6) is 0 Å². The average Bonchev–Trinajstić information content (AvgIpc) is 3.29. The third-order valence-electron chi connectivity index (χ3n) is 5.23. The van der Waals surface area contributed by atoms with Crippen molar-refractivity contribution in [3.8, 4) is 0 Å². The van der Waals surface area contributed by atoms with E-state index >= 15 is 0 Å². The summed E-state index contributed by atoms with van der Waals surface area (Å²) in [5, 5.41) is 3.12. The molecule has 1 saturated heterocycles. The second-order valence-corrected chi connectivity index (χ2v) is 7.61. The standard InChI is InChI=1S/C22H24N4O2/c1-14(2)20(21-23-17-10-6-7-11-18(17)24-21)25-22(28)15-12-19(27)26(13-15)16-8-4-3-5-9-16/h3-11,14-15,20H,12-13H2,1-2H3,(H,23,24)(H,25,28)/t15-,20+/m0/s1. The van der Waals surface area contributed by atoms with Gasteiger partial charge in [0.2, 0.25) is 11.8 Å². The topological polar surface area (TPSA) is 78.1 Å².